The number of aliphatic hydroxyl groups is 6. The van der Waals surface area contributed by atoms with Crippen LogP contribution < -0.4 is 11.1 Å². The standard InChI is InChI=1S/C6H15NO3.C4H11NO2.C3H9NO/c8-4-1-7(2-5-9)3-6-10;6-3-1-5-2-4-7;1-3(2,4)5/h8-10H,1-6H2;5-7H,1-4H2;5H,4H2,1-2H3. The summed E-state index contributed by atoms with van der Waals surface area (Å²) in [5.74, 6) is 0. The highest BCUT2D eigenvalue weighted by molar-refractivity contribution is 4.54. The van der Waals surface area contributed by atoms with E-state index in [1.807, 2.05) is 0 Å². The van der Waals surface area contributed by atoms with Crippen LogP contribution in [0.5, 0.6) is 0 Å². The molecule has 0 saturated carbocycles. The van der Waals surface area contributed by atoms with Gasteiger partial charge < -0.3 is 41.7 Å². The Balaban J connectivity index is -0.000000263. The molecule has 0 spiro atoms. The van der Waals surface area contributed by atoms with Crippen molar-refractivity contribution in [1.82, 2.24) is 10.2 Å². The van der Waals surface area contributed by atoms with Gasteiger partial charge in [0.2, 0.25) is 0 Å². The Labute approximate surface area is 133 Å². The molecule has 0 aliphatic carbocycles. The van der Waals surface area contributed by atoms with Gasteiger partial charge in [-0.05, 0) is 13.8 Å². The minimum Gasteiger partial charge on any atom is -0.395 e. The highest BCUT2D eigenvalue weighted by Gasteiger charge is 2.00. The van der Waals surface area contributed by atoms with Gasteiger partial charge in [-0.2, -0.15) is 0 Å². The molecule has 0 aliphatic heterocycles. The van der Waals surface area contributed by atoms with Crippen LogP contribution in [0.15, 0.2) is 0 Å². The summed E-state index contributed by atoms with van der Waals surface area (Å²) >= 11 is 0. The molecular formula is C13H35N3O6. The van der Waals surface area contributed by atoms with Gasteiger partial charge in [0.05, 0.1) is 33.0 Å². The van der Waals surface area contributed by atoms with E-state index in [9.17, 15) is 0 Å². The Hall–Kier alpha value is -0.360. The van der Waals surface area contributed by atoms with Gasteiger partial charge in [-0.15, -0.1) is 0 Å². The van der Waals surface area contributed by atoms with Crippen LogP contribution in [0.2, 0.25) is 0 Å². The summed E-state index contributed by atoms with van der Waals surface area (Å²) in [5, 5.41) is 52.8. The molecule has 0 aromatic carbocycles. The van der Waals surface area contributed by atoms with E-state index in [2.05, 4.69) is 5.32 Å². The van der Waals surface area contributed by atoms with Crippen molar-refractivity contribution >= 4 is 0 Å². The highest BCUT2D eigenvalue weighted by Crippen LogP contribution is 1.84. The van der Waals surface area contributed by atoms with Crippen LogP contribution in [0.25, 0.3) is 0 Å². The van der Waals surface area contributed by atoms with Gasteiger partial charge in [-0.1, -0.05) is 0 Å². The molecule has 9 nitrogen and oxygen atoms in total. The van der Waals surface area contributed by atoms with E-state index in [-0.39, 0.29) is 33.0 Å². The van der Waals surface area contributed by atoms with E-state index in [0.29, 0.717) is 32.7 Å². The maximum absolute atomic E-state index is 8.48. The lowest BCUT2D eigenvalue weighted by Gasteiger charge is -2.17. The summed E-state index contributed by atoms with van der Waals surface area (Å²) in [6, 6.07) is 0. The smallest absolute Gasteiger partial charge is 0.107 e. The molecule has 22 heavy (non-hydrogen) atoms. The summed E-state index contributed by atoms with van der Waals surface area (Å²) in [4.78, 5) is 1.79. The molecular weight excluding hydrogens is 294 g/mol. The molecule has 0 fully saturated rings. The first kappa shape index (κ1) is 26.5. The van der Waals surface area contributed by atoms with Crippen LogP contribution in [0.4, 0.5) is 0 Å². The van der Waals surface area contributed by atoms with Crippen molar-refractivity contribution in [1.29, 1.82) is 0 Å². The zero-order valence-electron chi connectivity index (χ0n) is 13.8. The third-order valence-electron chi connectivity index (χ3n) is 1.83. The lowest BCUT2D eigenvalue weighted by atomic mass is 10.4. The minimum atomic E-state index is -1.00. The molecule has 0 unspecified atom stereocenters. The van der Waals surface area contributed by atoms with Crippen molar-refractivity contribution in [3.05, 3.63) is 0 Å². The number of hydrogen-bond donors (Lipinski definition) is 8. The first-order valence-electron chi connectivity index (χ1n) is 7.25. The molecule has 9 N–H and O–H groups in total. The van der Waals surface area contributed by atoms with E-state index in [4.69, 9.17) is 36.4 Å². The maximum Gasteiger partial charge on any atom is 0.107 e. The Morgan fingerprint density at radius 1 is 0.773 bits per heavy atom. The van der Waals surface area contributed by atoms with E-state index in [0.717, 1.165) is 0 Å². The zero-order chi connectivity index (χ0) is 17.9. The van der Waals surface area contributed by atoms with Crippen molar-refractivity contribution < 1.29 is 30.6 Å². The second kappa shape index (κ2) is 20.6. The maximum atomic E-state index is 8.48. The number of aliphatic hydroxyl groups excluding tert-OH is 5. The second-order valence-electron chi connectivity index (χ2n) is 4.86. The summed E-state index contributed by atoms with van der Waals surface area (Å²) in [6.45, 7) is 6.21. The van der Waals surface area contributed by atoms with Crippen molar-refractivity contribution in [2.24, 2.45) is 5.73 Å². The Morgan fingerprint density at radius 2 is 1.05 bits per heavy atom. The van der Waals surface area contributed by atoms with E-state index in [1.165, 1.54) is 13.8 Å². The van der Waals surface area contributed by atoms with Crippen molar-refractivity contribution in [2.45, 2.75) is 19.6 Å². The van der Waals surface area contributed by atoms with Crippen molar-refractivity contribution in [3.63, 3.8) is 0 Å². The van der Waals surface area contributed by atoms with E-state index in [1.54, 1.807) is 4.90 Å². The van der Waals surface area contributed by atoms with Gasteiger partial charge in [-0.25, -0.2) is 0 Å². The quantitative estimate of drug-likeness (QED) is 0.150. The molecule has 0 aliphatic rings. The van der Waals surface area contributed by atoms with Gasteiger partial charge in [0, 0.05) is 32.7 Å². The molecule has 9 heteroatoms. The molecule has 0 rings (SSSR count). The van der Waals surface area contributed by atoms with E-state index >= 15 is 0 Å². The average Bonchev–Trinajstić information content (AvgIpc) is 2.39. The fourth-order valence-corrected chi connectivity index (χ4v) is 1.04. The Bertz CT molecular complexity index is 169. The lowest BCUT2D eigenvalue weighted by Crippen LogP contribution is -2.32. The molecule has 138 valence electrons. The predicted octanol–water partition coefficient (Wildman–Crippen LogP) is -3.50. The van der Waals surface area contributed by atoms with Gasteiger partial charge >= 0.3 is 0 Å². The van der Waals surface area contributed by atoms with Crippen molar-refractivity contribution in [3.8, 4) is 0 Å². The first-order valence-corrected chi connectivity index (χ1v) is 7.25. The first-order chi connectivity index (χ1) is 10.3. The largest absolute Gasteiger partial charge is 0.395 e. The van der Waals surface area contributed by atoms with E-state index < -0.39 is 5.72 Å². The number of hydrogen-bond acceptors (Lipinski definition) is 9. The topological polar surface area (TPSA) is 163 Å². The van der Waals surface area contributed by atoms with Crippen LogP contribution in [0.3, 0.4) is 0 Å². The van der Waals surface area contributed by atoms with Gasteiger partial charge in [-0.3, -0.25) is 4.90 Å². The minimum absolute atomic E-state index is 0.0694. The highest BCUT2D eigenvalue weighted by atomic mass is 16.3. The Kier molecular flexibility index (Phi) is 24.9. The molecule has 0 aromatic heterocycles. The summed E-state index contributed by atoms with van der Waals surface area (Å²) in [7, 11) is 0. The molecule has 0 atom stereocenters. The van der Waals surface area contributed by atoms with Gasteiger partial charge in [0.25, 0.3) is 0 Å². The number of nitrogens with zero attached hydrogens (tertiary/aromatic N) is 1. The number of rotatable bonds is 10. The second-order valence-corrected chi connectivity index (χ2v) is 4.86. The normalized spacial score (nSPS) is 10.6. The van der Waals surface area contributed by atoms with Crippen LogP contribution in [-0.4, -0.2) is 107 Å². The fourth-order valence-electron chi connectivity index (χ4n) is 1.04. The molecule has 0 bridgehead atoms. The Morgan fingerprint density at radius 3 is 1.23 bits per heavy atom. The van der Waals surface area contributed by atoms with Crippen LogP contribution >= 0.6 is 0 Å². The summed E-state index contributed by atoms with van der Waals surface area (Å²) in [6.07, 6.45) is 0. The molecule has 0 heterocycles. The van der Waals surface area contributed by atoms with Crippen LogP contribution in [-0.2, 0) is 0 Å². The molecule has 0 aromatic rings. The third kappa shape index (κ3) is 42.7. The molecule has 0 radical (unpaired) electrons. The van der Waals surface area contributed by atoms with Gasteiger partial charge in [0.15, 0.2) is 0 Å². The lowest BCUT2D eigenvalue weighted by molar-refractivity contribution is 0.0881. The monoisotopic (exact) mass is 329 g/mol. The third-order valence-corrected chi connectivity index (χ3v) is 1.83. The number of nitrogens with one attached hydrogen (secondary N) is 1. The average molecular weight is 329 g/mol. The van der Waals surface area contributed by atoms with Crippen molar-refractivity contribution in [2.75, 3.05) is 65.8 Å². The van der Waals surface area contributed by atoms with Gasteiger partial charge in [0.1, 0.15) is 5.72 Å². The number of nitrogens with two attached hydrogens (primary N) is 1. The molecule has 0 amide bonds. The van der Waals surface area contributed by atoms with Crippen LogP contribution in [0, 0.1) is 0 Å². The predicted molar refractivity (Wildman–Crippen MR) is 85.2 cm³/mol. The zero-order valence-corrected chi connectivity index (χ0v) is 13.8. The summed E-state index contributed by atoms with van der Waals surface area (Å²) < 4.78 is 0. The van der Waals surface area contributed by atoms with Crippen LogP contribution in [0.1, 0.15) is 13.8 Å². The fraction of sp³-hybridized carbons (Fsp3) is 1.00. The summed E-state index contributed by atoms with van der Waals surface area (Å²) in [5.41, 5.74) is 3.91. The molecule has 0 saturated heterocycles. The SMILES string of the molecule is CC(C)(N)O.OCCN(CCO)CCO.OCCNCCO.